The van der Waals surface area contributed by atoms with Crippen molar-refractivity contribution in [3.63, 3.8) is 0 Å². The smallest absolute Gasteiger partial charge is 0.197 e. The van der Waals surface area contributed by atoms with Gasteiger partial charge in [0.05, 0.1) is 10.9 Å². The number of pyridine rings is 1. The standard InChI is InChI=1S/C28H27ClN4OS/c1-18-7-10-23(26-27(34)21-5-3-4-6-25(21)35-28(18)26)32-14-16-33(2)15-13-31-22-11-12-30-24-17-19(29)8-9-20(22)24/h3-12,17,32H,13-16H2,1-2H3,(H,30,31). The van der Waals surface area contributed by atoms with Crippen LogP contribution in [0.15, 0.2) is 71.7 Å². The Hall–Kier alpha value is -3.19. The second-order valence-corrected chi connectivity index (χ2v) is 10.2. The van der Waals surface area contributed by atoms with Gasteiger partial charge in [0, 0.05) is 68.9 Å². The Labute approximate surface area is 213 Å². The van der Waals surface area contributed by atoms with Gasteiger partial charge in [0.25, 0.3) is 0 Å². The van der Waals surface area contributed by atoms with Gasteiger partial charge in [-0.2, -0.15) is 0 Å². The van der Waals surface area contributed by atoms with Gasteiger partial charge >= 0.3 is 0 Å². The Morgan fingerprint density at radius 1 is 0.943 bits per heavy atom. The zero-order valence-electron chi connectivity index (χ0n) is 19.8. The Morgan fingerprint density at radius 2 is 1.71 bits per heavy atom. The van der Waals surface area contributed by atoms with E-state index in [9.17, 15) is 4.79 Å². The van der Waals surface area contributed by atoms with Crippen LogP contribution < -0.4 is 16.1 Å². The summed E-state index contributed by atoms with van der Waals surface area (Å²) in [6.45, 7) is 5.37. The number of rotatable bonds is 8. The van der Waals surface area contributed by atoms with Crippen LogP contribution in [0.3, 0.4) is 0 Å². The third-order valence-electron chi connectivity index (χ3n) is 6.25. The highest BCUT2D eigenvalue weighted by Gasteiger charge is 2.12. The third-order valence-corrected chi connectivity index (χ3v) is 7.79. The molecule has 0 saturated heterocycles. The summed E-state index contributed by atoms with van der Waals surface area (Å²) < 4.78 is 2.09. The monoisotopic (exact) mass is 502 g/mol. The second kappa shape index (κ2) is 10.2. The fraction of sp³-hybridized carbons (Fsp3) is 0.214. The van der Waals surface area contributed by atoms with Crippen molar-refractivity contribution in [1.29, 1.82) is 0 Å². The summed E-state index contributed by atoms with van der Waals surface area (Å²) in [6.07, 6.45) is 1.80. The maximum absolute atomic E-state index is 13.3. The zero-order chi connectivity index (χ0) is 24.4. The largest absolute Gasteiger partial charge is 0.383 e. The number of hydrogen-bond donors (Lipinski definition) is 2. The average molecular weight is 503 g/mol. The maximum Gasteiger partial charge on any atom is 0.197 e. The summed E-state index contributed by atoms with van der Waals surface area (Å²) in [5.41, 5.74) is 4.08. The van der Waals surface area contributed by atoms with Crippen molar-refractivity contribution >= 4 is 65.4 Å². The van der Waals surface area contributed by atoms with Gasteiger partial charge in [0.2, 0.25) is 0 Å². The Morgan fingerprint density at radius 3 is 2.54 bits per heavy atom. The van der Waals surface area contributed by atoms with Crippen molar-refractivity contribution in [2.24, 2.45) is 0 Å². The van der Waals surface area contributed by atoms with E-state index < -0.39 is 0 Å². The molecule has 0 aliphatic carbocycles. The molecule has 35 heavy (non-hydrogen) atoms. The molecule has 0 fully saturated rings. The number of nitrogens with zero attached hydrogens (tertiary/aromatic N) is 2. The number of likely N-dealkylation sites (N-methyl/N-ethyl adjacent to an activating group) is 1. The van der Waals surface area contributed by atoms with Gasteiger partial charge in [-0.1, -0.05) is 29.8 Å². The number of aryl methyl sites for hydroxylation is 1. The molecular formula is C28H27ClN4OS. The number of aromatic nitrogens is 1. The summed E-state index contributed by atoms with van der Waals surface area (Å²) in [6, 6.07) is 19.7. The van der Waals surface area contributed by atoms with Crippen molar-refractivity contribution < 1.29 is 0 Å². The van der Waals surface area contributed by atoms with Gasteiger partial charge in [0.15, 0.2) is 5.43 Å². The Kier molecular flexibility index (Phi) is 6.86. The zero-order valence-corrected chi connectivity index (χ0v) is 21.3. The molecule has 0 aliphatic heterocycles. The van der Waals surface area contributed by atoms with Crippen LogP contribution in [0.4, 0.5) is 11.4 Å². The summed E-state index contributed by atoms with van der Waals surface area (Å²) in [5.74, 6) is 0. The van der Waals surface area contributed by atoms with Crippen molar-refractivity contribution in [1.82, 2.24) is 9.88 Å². The van der Waals surface area contributed by atoms with E-state index in [4.69, 9.17) is 11.6 Å². The molecule has 0 atom stereocenters. The third kappa shape index (κ3) is 4.96. The van der Waals surface area contributed by atoms with Crippen molar-refractivity contribution in [2.75, 3.05) is 43.9 Å². The molecule has 178 valence electrons. The lowest BCUT2D eigenvalue weighted by Crippen LogP contribution is -2.30. The maximum atomic E-state index is 13.3. The van der Waals surface area contributed by atoms with E-state index in [1.165, 1.54) is 0 Å². The predicted molar refractivity (Wildman–Crippen MR) is 152 cm³/mol. The predicted octanol–water partition coefficient (Wildman–Crippen LogP) is 6.38. The minimum atomic E-state index is 0.101. The van der Waals surface area contributed by atoms with Crippen LogP contribution >= 0.6 is 22.9 Å². The van der Waals surface area contributed by atoms with Crippen molar-refractivity contribution in [3.8, 4) is 0 Å². The highest BCUT2D eigenvalue weighted by atomic mass is 35.5. The highest BCUT2D eigenvalue weighted by molar-refractivity contribution is 7.24. The van der Waals surface area contributed by atoms with E-state index in [2.05, 4.69) is 40.6 Å². The Bertz CT molecular complexity index is 1580. The lowest BCUT2D eigenvalue weighted by Gasteiger charge is -2.19. The van der Waals surface area contributed by atoms with Gasteiger partial charge in [-0.05, 0) is 62.0 Å². The van der Waals surface area contributed by atoms with E-state index in [-0.39, 0.29) is 5.43 Å². The van der Waals surface area contributed by atoms with Gasteiger partial charge in [-0.15, -0.1) is 11.3 Å². The normalized spacial score (nSPS) is 11.5. The molecule has 5 nitrogen and oxygen atoms in total. The van der Waals surface area contributed by atoms with Crippen molar-refractivity contribution in [3.05, 3.63) is 87.7 Å². The van der Waals surface area contributed by atoms with Gasteiger partial charge in [0.1, 0.15) is 0 Å². The molecule has 0 radical (unpaired) electrons. The first-order valence-electron chi connectivity index (χ1n) is 11.7. The number of fused-ring (bicyclic) bond motifs is 3. The van der Waals surface area contributed by atoms with Crippen LogP contribution in [-0.2, 0) is 0 Å². The molecule has 0 amide bonds. The van der Waals surface area contributed by atoms with E-state index in [1.807, 2.05) is 54.6 Å². The quantitative estimate of drug-likeness (QED) is 0.241. The molecule has 0 spiro atoms. The van der Waals surface area contributed by atoms with E-state index >= 15 is 0 Å². The van der Waals surface area contributed by atoms with Crippen molar-refractivity contribution in [2.45, 2.75) is 6.92 Å². The van der Waals surface area contributed by atoms with Crippen LogP contribution in [0.2, 0.25) is 5.02 Å². The molecule has 0 aliphatic rings. The number of benzene rings is 3. The molecule has 2 aromatic heterocycles. The summed E-state index contributed by atoms with van der Waals surface area (Å²) in [4.78, 5) is 20.0. The molecule has 5 aromatic rings. The number of anilines is 2. The van der Waals surface area contributed by atoms with E-state index in [1.54, 1.807) is 17.5 Å². The fourth-order valence-electron chi connectivity index (χ4n) is 4.33. The molecule has 7 heteroatoms. The lowest BCUT2D eigenvalue weighted by atomic mass is 10.1. The van der Waals surface area contributed by atoms with Crippen LogP contribution in [0.25, 0.3) is 31.1 Å². The minimum Gasteiger partial charge on any atom is -0.383 e. The summed E-state index contributed by atoms with van der Waals surface area (Å²) >= 11 is 7.78. The molecule has 3 aromatic carbocycles. The van der Waals surface area contributed by atoms with Gasteiger partial charge in [-0.25, -0.2) is 0 Å². The van der Waals surface area contributed by atoms with Crippen LogP contribution in [0.1, 0.15) is 5.56 Å². The molecule has 5 rings (SSSR count). The van der Waals surface area contributed by atoms with Gasteiger partial charge < -0.3 is 15.5 Å². The molecule has 0 unspecified atom stereocenters. The minimum absolute atomic E-state index is 0.101. The lowest BCUT2D eigenvalue weighted by molar-refractivity contribution is 0.361. The van der Waals surface area contributed by atoms with E-state index in [0.29, 0.717) is 5.02 Å². The first-order valence-corrected chi connectivity index (χ1v) is 12.9. The highest BCUT2D eigenvalue weighted by Crippen LogP contribution is 2.31. The first kappa shape index (κ1) is 23.5. The second-order valence-electron chi connectivity index (χ2n) is 8.74. The van der Waals surface area contributed by atoms with Gasteiger partial charge in [-0.3, -0.25) is 9.78 Å². The summed E-state index contributed by atoms with van der Waals surface area (Å²) in [5, 5.41) is 10.4. The average Bonchev–Trinajstić information content (AvgIpc) is 2.85. The van der Waals surface area contributed by atoms with Crippen LogP contribution in [0.5, 0.6) is 0 Å². The molecule has 0 bridgehead atoms. The number of halogens is 1. The molecule has 2 N–H and O–H groups in total. The molecular weight excluding hydrogens is 476 g/mol. The fourth-order valence-corrected chi connectivity index (χ4v) is 5.67. The molecule has 2 heterocycles. The SMILES string of the molecule is Cc1ccc(NCCN(C)CCNc2ccnc3cc(Cl)ccc23)c2c(=O)c3ccccc3sc12. The first-order chi connectivity index (χ1) is 17.0. The Balaban J connectivity index is 1.22. The summed E-state index contributed by atoms with van der Waals surface area (Å²) in [7, 11) is 2.11. The number of hydrogen-bond acceptors (Lipinski definition) is 6. The van der Waals surface area contributed by atoms with Crippen LogP contribution in [0, 0.1) is 6.92 Å². The van der Waals surface area contributed by atoms with Crippen LogP contribution in [-0.4, -0.2) is 43.1 Å². The van der Waals surface area contributed by atoms with E-state index in [0.717, 1.165) is 74.2 Å². The topological polar surface area (TPSA) is 57.3 Å². The molecule has 0 saturated carbocycles. The number of nitrogens with one attached hydrogen (secondary N) is 2.